The summed E-state index contributed by atoms with van der Waals surface area (Å²) in [4.78, 5) is -2.45. The topological polar surface area (TPSA) is 0 Å². The molecular formula is C10H5Cl7. The van der Waals surface area contributed by atoms with E-state index in [1.807, 2.05) is 12.2 Å². The summed E-state index contributed by atoms with van der Waals surface area (Å²) in [5.41, 5.74) is 0. The molecule has 0 heterocycles. The van der Waals surface area contributed by atoms with Crippen LogP contribution in [0.5, 0.6) is 0 Å². The first-order valence-electron chi connectivity index (χ1n) is 4.85. The van der Waals surface area contributed by atoms with Gasteiger partial charge in [0.25, 0.3) is 0 Å². The van der Waals surface area contributed by atoms with Crippen molar-refractivity contribution in [1.29, 1.82) is 0 Å². The highest BCUT2D eigenvalue weighted by Crippen LogP contribution is 2.78. The number of rotatable bonds is 0. The summed E-state index contributed by atoms with van der Waals surface area (Å²) >= 11 is 44.5. The molecule has 1 saturated carbocycles. The van der Waals surface area contributed by atoms with Crippen LogP contribution < -0.4 is 0 Å². The Morgan fingerprint density at radius 3 is 2.00 bits per heavy atom. The van der Waals surface area contributed by atoms with Crippen LogP contribution in [0.2, 0.25) is 0 Å². The van der Waals surface area contributed by atoms with E-state index in [0.29, 0.717) is 0 Å². The molecule has 0 spiro atoms. The molecule has 7 heteroatoms. The second-order valence-corrected chi connectivity index (χ2v) is 8.29. The Morgan fingerprint density at radius 2 is 1.41 bits per heavy atom. The standard InChI is InChI=1S/C10H5Cl7/c11-4-2-1-3-5(4)9(15)7(13)6(12)8(3,14)10(9,16)17/h1-5H/t3-,4+,5-,8-,9-/m0/s1. The molecule has 3 rings (SSSR count). The van der Waals surface area contributed by atoms with Crippen LogP contribution in [0.3, 0.4) is 0 Å². The number of hydrogen-bond donors (Lipinski definition) is 0. The van der Waals surface area contributed by atoms with Gasteiger partial charge in [0.15, 0.2) is 4.33 Å². The molecule has 1 fully saturated rings. The maximum atomic E-state index is 6.57. The van der Waals surface area contributed by atoms with Gasteiger partial charge in [-0.05, 0) is 0 Å². The van der Waals surface area contributed by atoms with Gasteiger partial charge in [-0.25, -0.2) is 0 Å². The Hall–Kier alpha value is 1.51. The van der Waals surface area contributed by atoms with Crippen molar-refractivity contribution in [2.45, 2.75) is 19.5 Å². The van der Waals surface area contributed by atoms with E-state index in [1.54, 1.807) is 0 Å². The van der Waals surface area contributed by atoms with Crippen LogP contribution in [0.1, 0.15) is 0 Å². The van der Waals surface area contributed by atoms with Crippen LogP contribution in [-0.2, 0) is 0 Å². The molecule has 0 radical (unpaired) electrons. The first-order valence-corrected chi connectivity index (χ1v) is 7.55. The monoisotopic (exact) mass is 370 g/mol. The fourth-order valence-electron chi connectivity index (χ4n) is 3.08. The Balaban J connectivity index is 2.32. The lowest BCUT2D eigenvalue weighted by Gasteiger charge is -2.34. The average molecular weight is 373 g/mol. The summed E-state index contributed by atoms with van der Waals surface area (Å²) in [5.74, 6) is -0.470. The molecule has 0 aromatic heterocycles. The lowest BCUT2D eigenvalue weighted by molar-refractivity contribution is 0.420. The van der Waals surface area contributed by atoms with Crippen molar-refractivity contribution in [3.8, 4) is 0 Å². The van der Waals surface area contributed by atoms with Crippen molar-refractivity contribution in [3.05, 3.63) is 22.2 Å². The molecule has 17 heavy (non-hydrogen) atoms. The van der Waals surface area contributed by atoms with Crippen molar-refractivity contribution in [2.24, 2.45) is 11.8 Å². The van der Waals surface area contributed by atoms with E-state index in [0.717, 1.165) is 0 Å². The highest BCUT2D eigenvalue weighted by molar-refractivity contribution is 6.66. The summed E-state index contributed by atoms with van der Waals surface area (Å²) in [6.07, 6.45) is 3.69. The van der Waals surface area contributed by atoms with Crippen molar-refractivity contribution in [3.63, 3.8) is 0 Å². The van der Waals surface area contributed by atoms with Gasteiger partial charge in [0, 0.05) is 11.8 Å². The fourth-order valence-corrected chi connectivity index (χ4v) is 6.60. The molecule has 0 N–H and O–H groups in total. The Morgan fingerprint density at radius 1 is 0.882 bits per heavy atom. The molecular weight excluding hydrogens is 368 g/mol. The third-order valence-corrected chi connectivity index (χ3v) is 8.61. The first kappa shape index (κ1) is 13.5. The van der Waals surface area contributed by atoms with Gasteiger partial charge in [-0.2, -0.15) is 0 Å². The van der Waals surface area contributed by atoms with Gasteiger partial charge in [0.2, 0.25) is 0 Å². The molecule has 3 aliphatic carbocycles. The maximum absolute atomic E-state index is 6.57. The van der Waals surface area contributed by atoms with E-state index in [2.05, 4.69) is 0 Å². The van der Waals surface area contributed by atoms with E-state index in [1.165, 1.54) is 0 Å². The molecule has 0 unspecified atom stereocenters. The van der Waals surface area contributed by atoms with Crippen molar-refractivity contribution >= 4 is 81.2 Å². The predicted octanol–water partition coefficient (Wildman–Crippen LogP) is 5.24. The maximum Gasteiger partial charge on any atom is 0.167 e. The molecule has 0 aliphatic heterocycles. The second-order valence-electron chi connectivity index (χ2n) is 4.51. The van der Waals surface area contributed by atoms with Gasteiger partial charge in [-0.1, -0.05) is 58.6 Å². The highest BCUT2D eigenvalue weighted by atomic mass is 35.5. The van der Waals surface area contributed by atoms with Gasteiger partial charge < -0.3 is 0 Å². The number of halogens is 7. The average Bonchev–Trinajstić information content (AvgIpc) is 2.73. The molecule has 3 aliphatic rings. The van der Waals surface area contributed by atoms with Crippen LogP contribution in [0.15, 0.2) is 22.2 Å². The summed E-state index contributed by atoms with van der Waals surface area (Å²) in [6.45, 7) is 0. The van der Waals surface area contributed by atoms with Gasteiger partial charge in [-0.15, -0.1) is 34.8 Å². The van der Waals surface area contributed by atoms with E-state index < -0.39 is 14.1 Å². The highest BCUT2D eigenvalue weighted by Gasteiger charge is 2.83. The Labute approximate surface area is 134 Å². The molecule has 0 saturated heterocycles. The van der Waals surface area contributed by atoms with Crippen LogP contribution in [-0.4, -0.2) is 19.5 Å². The molecule has 94 valence electrons. The Bertz CT molecular complexity index is 467. The zero-order valence-corrected chi connectivity index (χ0v) is 13.3. The summed E-state index contributed by atoms with van der Waals surface area (Å²) in [7, 11) is 0. The van der Waals surface area contributed by atoms with Crippen LogP contribution in [0, 0.1) is 11.8 Å². The van der Waals surface area contributed by atoms with E-state index >= 15 is 0 Å². The molecule has 0 amide bonds. The largest absolute Gasteiger partial charge is 0.167 e. The van der Waals surface area contributed by atoms with E-state index in [4.69, 9.17) is 81.2 Å². The lowest BCUT2D eigenvalue weighted by atomic mass is 9.84. The van der Waals surface area contributed by atoms with Crippen LogP contribution in [0.4, 0.5) is 0 Å². The smallest absolute Gasteiger partial charge is 0.118 e. The van der Waals surface area contributed by atoms with E-state index in [9.17, 15) is 0 Å². The third kappa shape index (κ3) is 1.15. The fraction of sp³-hybridized carbons (Fsp3) is 0.600. The normalized spacial score (nSPS) is 54.6. The minimum atomic E-state index is -1.48. The van der Waals surface area contributed by atoms with E-state index in [-0.39, 0.29) is 27.3 Å². The summed E-state index contributed by atoms with van der Waals surface area (Å²) < 4.78 is -1.48. The van der Waals surface area contributed by atoms with Crippen molar-refractivity contribution in [2.75, 3.05) is 0 Å². The quantitative estimate of drug-likeness (QED) is 0.402. The summed E-state index contributed by atoms with van der Waals surface area (Å²) in [6, 6.07) is 0. The predicted molar refractivity (Wildman–Crippen MR) is 76.1 cm³/mol. The van der Waals surface area contributed by atoms with Crippen molar-refractivity contribution in [1.82, 2.24) is 0 Å². The Kier molecular flexibility index (Phi) is 2.84. The van der Waals surface area contributed by atoms with Crippen LogP contribution in [0.25, 0.3) is 0 Å². The SMILES string of the molecule is ClC1=C(Cl)[C@@]2(Cl)[C@H]3C=C[C@@H](Cl)[C@H]3[C@@]1(Cl)C2(Cl)Cl. The number of alkyl halides is 5. The molecule has 2 bridgehead atoms. The van der Waals surface area contributed by atoms with Crippen LogP contribution >= 0.6 is 81.2 Å². The molecule has 0 nitrogen and oxygen atoms in total. The number of fused-ring (bicyclic) bond motifs is 5. The lowest BCUT2D eigenvalue weighted by Crippen LogP contribution is -2.45. The zero-order chi connectivity index (χ0) is 12.8. The van der Waals surface area contributed by atoms with Gasteiger partial charge in [0.05, 0.1) is 15.4 Å². The van der Waals surface area contributed by atoms with Gasteiger partial charge in [0.1, 0.15) is 9.75 Å². The minimum absolute atomic E-state index is 0.205. The van der Waals surface area contributed by atoms with Gasteiger partial charge >= 0.3 is 0 Å². The number of hydrogen-bond acceptors (Lipinski definition) is 0. The zero-order valence-electron chi connectivity index (χ0n) is 8.03. The van der Waals surface area contributed by atoms with Gasteiger partial charge in [-0.3, -0.25) is 0 Å². The minimum Gasteiger partial charge on any atom is -0.118 e. The number of allylic oxidation sites excluding steroid dienone is 4. The molecule has 5 atom stereocenters. The molecule has 0 aromatic rings. The molecule has 0 aromatic carbocycles. The second kappa shape index (κ2) is 3.58. The third-order valence-electron chi connectivity index (χ3n) is 3.90. The first-order chi connectivity index (χ1) is 7.70. The summed E-state index contributed by atoms with van der Waals surface area (Å²) in [5, 5.41) is 0.113. The van der Waals surface area contributed by atoms with Crippen molar-refractivity contribution < 1.29 is 0 Å².